The second-order valence-electron chi connectivity index (χ2n) is 3.93. The van der Waals surface area contributed by atoms with Crippen LogP contribution in [0.5, 0.6) is 5.75 Å². The molecule has 0 amide bonds. The Morgan fingerprint density at radius 3 is 2.65 bits per heavy atom. The van der Waals surface area contributed by atoms with Gasteiger partial charge in [-0.2, -0.15) is 0 Å². The number of aromatic amines is 1. The first-order chi connectivity index (χ1) is 8.24. The summed E-state index contributed by atoms with van der Waals surface area (Å²) in [6.07, 6.45) is 0. The molecule has 2 aromatic carbocycles. The normalized spacial score (nSPS) is 10.9. The zero-order chi connectivity index (χ0) is 11.8. The minimum atomic E-state index is 0.290. The molecular weight excluding hydrogens is 278 g/mol. The van der Waals surface area contributed by atoms with Crippen LogP contribution in [0.3, 0.4) is 0 Å². The lowest BCUT2D eigenvalue weighted by Gasteiger charge is -2.00. The Kier molecular flexibility index (Phi) is 2.41. The molecule has 2 N–H and O–H groups in total. The maximum Gasteiger partial charge on any atom is 0.124 e. The number of hydrogen-bond donors (Lipinski definition) is 2. The topological polar surface area (TPSA) is 36.0 Å². The number of phenols is 1. The number of hydrogen-bond acceptors (Lipinski definition) is 1. The second kappa shape index (κ2) is 3.93. The van der Waals surface area contributed by atoms with Crippen LogP contribution in [0.1, 0.15) is 0 Å². The summed E-state index contributed by atoms with van der Waals surface area (Å²) in [7, 11) is 0. The lowest BCUT2D eigenvalue weighted by Crippen LogP contribution is -1.77. The van der Waals surface area contributed by atoms with Crippen molar-refractivity contribution in [2.24, 2.45) is 0 Å². The van der Waals surface area contributed by atoms with Gasteiger partial charge in [-0.15, -0.1) is 0 Å². The van der Waals surface area contributed by atoms with Crippen LogP contribution >= 0.6 is 15.9 Å². The highest BCUT2D eigenvalue weighted by Crippen LogP contribution is 2.31. The highest BCUT2D eigenvalue weighted by atomic mass is 79.9. The molecule has 3 aromatic rings. The van der Waals surface area contributed by atoms with E-state index < -0.39 is 0 Å². The largest absolute Gasteiger partial charge is 0.507 e. The van der Waals surface area contributed by atoms with Gasteiger partial charge < -0.3 is 10.1 Å². The Morgan fingerprint density at radius 1 is 1.00 bits per heavy atom. The van der Waals surface area contributed by atoms with Crippen LogP contribution in [0.15, 0.2) is 53.0 Å². The number of halogens is 1. The van der Waals surface area contributed by atoms with Gasteiger partial charge in [0.25, 0.3) is 0 Å². The number of phenolic OH excluding ortho intramolecular Hbond substituents is 1. The fourth-order valence-electron chi connectivity index (χ4n) is 1.95. The summed E-state index contributed by atoms with van der Waals surface area (Å²) in [5.74, 6) is 0.290. The van der Waals surface area contributed by atoms with Gasteiger partial charge in [-0.3, -0.25) is 0 Å². The molecule has 3 heteroatoms. The lowest BCUT2D eigenvalue weighted by molar-refractivity contribution is 0.477. The van der Waals surface area contributed by atoms with Gasteiger partial charge >= 0.3 is 0 Å². The van der Waals surface area contributed by atoms with E-state index in [2.05, 4.69) is 20.9 Å². The van der Waals surface area contributed by atoms with E-state index in [4.69, 9.17) is 0 Å². The summed E-state index contributed by atoms with van der Waals surface area (Å²) in [4.78, 5) is 3.30. The summed E-state index contributed by atoms with van der Waals surface area (Å²) in [5, 5.41) is 10.9. The predicted octanol–water partition coefficient (Wildman–Crippen LogP) is 4.30. The first-order valence-electron chi connectivity index (χ1n) is 5.31. The van der Waals surface area contributed by atoms with E-state index in [9.17, 15) is 5.11 Å². The number of nitrogens with one attached hydrogen (secondary N) is 1. The van der Waals surface area contributed by atoms with E-state index in [0.717, 1.165) is 26.6 Å². The Morgan fingerprint density at radius 2 is 1.82 bits per heavy atom. The van der Waals surface area contributed by atoms with Crippen molar-refractivity contribution >= 4 is 26.8 Å². The molecule has 17 heavy (non-hydrogen) atoms. The van der Waals surface area contributed by atoms with Crippen LogP contribution in [0.2, 0.25) is 0 Å². The van der Waals surface area contributed by atoms with Gasteiger partial charge in [0.1, 0.15) is 5.75 Å². The first-order valence-corrected chi connectivity index (χ1v) is 6.10. The van der Waals surface area contributed by atoms with Gasteiger partial charge in [-0.25, -0.2) is 0 Å². The Bertz CT molecular complexity index is 688. The fraction of sp³-hybridized carbons (Fsp3) is 0. The average molecular weight is 288 g/mol. The van der Waals surface area contributed by atoms with E-state index in [1.54, 1.807) is 6.07 Å². The van der Waals surface area contributed by atoms with Crippen molar-refractivity contribution in [1.82, 2.24) is 4.98 Å². The van der Waals surface area contributed by atoms with E-state index >= 15 is 0 Å². The van der Waals surface area contributed by atoms with Crippen LogP contribution in [0.4, 0.5) is 0 Å². The maximum absolute atomic E-state index is 9.81. The molecule has 2 nitrogen and oxygen atoms in total. The second-order valence-corrected chi connectivity index (χ2v) is 4.85. The average Bonchev–Trinajstić information content (AvgIpc) is 2.72. The van der Waals surface area contributed by atoms with Gasteiger partial charge in [0.15, 0.2) is 0 Å². The molecule has 0 aliphatic heterocycles. The molecule has 0 aliphatic carbocycles. The van der Waals surface area contributed by atoms with E-state index in [0.29, 0.717) is 0 Å². The van der Waals surface area contributed by atoms with Crippen LogP contribution in [0, 0.1) is 0 Å². The van der Waals surface area contributed by atoms with Gasteiger partial charge in [0.2, 0.25) is 0 Å². The van der Waals surface area contributed by atoms with E-state index in [-0.39, 0.29) is 5.75 Å². The van der Waals surface area contributed by atoms with Crippen molar-refractivity contribution in [1.29, 1.82) is 0 Å². The number of para-hydroxylation sites is 1. The molecular formula is C14H10BrNO. The molecule has 0 saturated carbocycles. The van der Waals surface area contributed by atoms with Crippen molar-refractivity contribution in [3.63, 3.8) is 0 Å². The first kappa shape index (κ1) is 10.4. The van der Waals surface area contributed by atoms with Gasteiger partial charge in [0, 0.05) is 20.9 Å². The summed E-state index contributed by atoms with van der Waals surface area (Å²) in [6, 6.07) is 15.4. The quantitative estimate of drug-likeness (QED) is 0.688. The monoisotopic (exact) mass is 287 g/mol. The number of fused-ring (bicyclic) bond motifs is 1. The van der Waals surface area contributed by atoms with Crippen molar-refractivity contribution in [3.05, 3.63) is 53.0 Å². The van der Waals surface area contributed by atoms with Crippen LogP contribution < -0.4 is 0 Å². The molecule has 0 aliphatic rings. The van der Waals surface area contributed by atoms with Gasteiger partial charge in [-0.1, -0.05) is 34.1 Å². The molecule has 0 radical (unpaired) electrons. The highest BCUT2D eigenvalue weighted by Gasteiger charge is 2.06. The smallest absolute Gasteiger partial charge is 0.124 e. The number of rotatable bonds is 1. The Balaban J connectivity index is 2.22. The van der Waals surface area contributed by atoms with Crippen molar-refractivity contribution < 1.29 is 5.11 Å². The zero-order valence-electron chi connectivity index (χ0n) is 8.94. The zero-order valence-corrected chi connectivity index (χ0v) is 10.5. The summed E-state index contributed by atoms with van der Waals surface area (Å²) in [5.41, 5.74) is 2.80. The molecule has 0 unspecified atom stereocenters. The predicted molar refractivity (Wildman–Crippen MR) is 73.1 cm³/mol. The molecule has 0 fully saturated rings. The summed E-state index contributed by atoms with van der Waals surface area (Å²) in [6.45, 7) is 0. The Hall–Kier alpha value is -1.74. The standard InChI is InChI=1S/C14H10BrNO/c15-10-6-5-9-7-13(16-12(9)8-10)11-3-1-2-4-14(11)17/h1-8,16-17H. The molecule has 0 spiro atoms. The van der Waals surface area contributed by atoms with E-state index in [1.165, 1.54) is 0 Å². The van der Waals surface area contributed by atoms with Crippen molar-refractivity contribution in [3.8, 4) is 17.0 Å². The number of benzene rings is 2. The lowest BCUT2D eigenvalue weighted by atomic mass is 10.1. The number of aromatic hydroxyl groups is 1. The maximum atomic E-state index is 9.81. The summed E-state index contributed by atoms with van der Waals surface area (Å²) < 4.78 is 1.04. The van der Waals surface area contributed by atoms with Crippen molar-refractivity contribution in [2.45, 2.75) is 0 Å². The molecule has 1 heterocycles. The van der Waals surface area contributed by atoms with Crippen LogP contribution in [-0.2, 0) is 0 Å². The Labute approximate surface area is 107 Å². The minimum Gasteiger partial charge on any atom is -0.507 e. The molecule has 0 saturated heterocycles. The molecule has 3 rings (SSSR count). The van der Waals surface area contributed by atoms with E-state index in [1.807, 2.05) is 42.5 Å². The van der Waals surface area contributed by atoms with Crippen molar-refractivity contribution in [2.75, 3.05) is 0 Å². The fourth-order valence-corrected chi connectivity index (χ4v) is 2.31. The third-order valence-electron chi connectivity index (χ3n) is 2.78. The molecule has 0 atom stereocenters. The number of aromatic nitrogens is 1. The minimum absolute atomic E-state index is 0.290. The third kappa shape index (κ3) is 1.83. The molecule has 84 valence electrons. The molecule has 1 aromatic heterocycles. The summed E-state index contributed by atoms with van der Waals surface area (Å²) >= 11 is 3.44. The third-order valence-corrected chi connectivity index (χ3v) is 3.27. The van der Waals surface area contributed by atoms with Gasteiger partial charge in [0.05, 0.1) is 5.69 Å². The highest BCUT2D eigenvalue weighted by molar-refractivity contribution is 9.10. The number of H-pyrrole nitrogens is 1. The van der Waals surface area contributed by atoms with Crippen LogP contribution in [0.25, 0.3) is 22.2 Å². The SMILES string of the molecule is Oc1ccccc1-c1cc2ccc(Br)cc2[nH]1. The van der Waals surface area contributed by atoms with Crippen LogP contribution in [-0.4, -0.2) is 10.1 Å². The van der Waals surface area contributed by atoms with Gasteiger partial charge in [-0.05, 0) is 30.3 Å². The molecule has 0 bridgehead atoms.